The molecule has 86 valence electrons. The van der Waals surface area contributed by atoms with Gasteiger partial charge in [0, 0.05) is 18.0 Å². The molecule has 16 heavy (non-hydrogen) atoms. The number of anilines is 1. The van der Waals surface area contributed by atoms with Crippen LogP contribution in [-0.4, -0.2) is 23.4 Å². The van der Waals surface area contributed by atoms with E-state index in [4.69, 9.17) is 16.7 Å². The van der Waals surface area contributed by atoms with Gasteiger partial charge in [-0.3, -0.25) is 0 Å². The fourth-order valence-corrected chi connectivity index (χ4v) is 2.88. The fraction of sp³-hybridized carbons (Fsp3) is 0.364. The van der Waals surface area contributed by atoms with Crippen molar-refractivity contribution in [2.75, 3.05) is 16.6 Å². The zero-order chi connectivity index (χ0) is 11.7. The number of hydrogen-bond acceptors (Lipinski definition) is 3. The standard InChI is InChI=1S/C11H12ClNO2S/c1-7-5-8(13-3-2-4-16-13)6-9(10(7)12)11(14)15/h5-6H,2-4H2,1H3,(H,14,15). The molecule has 3 nitrogen and oxygen atoms in total. The summed E-state index contributed by atoms with van der Waals surface area (Å²) in [6.07, 6.45) is 1.13. The topological polar surface area (TPSA) is 40.5 Å². The minimum Gasteiger partial charge on any atom is -0.478 e. The van der Waals surface area contributed by atoms with Crippen LogP contribution in [0.5, 0.6) is 0 Å². The third kappa shape index (κ3) is 2.13. The monoisotopic (exact) mass is 257 g/mol. The lowest BCUT2D eigenvalue weighted by Gasteiger charge is -2.18. The Bertz CT molecular complexity index is 430. The van der Waals surface area contributed by atoms with E-state index in [0.29, 0.717) is 5.02 Å². The van der Waals surface area contributed by atoms with Gasteiger partial charge in [-0.25, -0.2) is 4.79 Å². The number of carboxylic acids is 1. The van der Waals surface area contributed by atoms with Gasteiger partial charge in [-0.05, 0) is 43.0 Å². The van der Waals surface area contributed by atoms with Crippen LogP contribution in [0, 0.1) is 6.92 Å². The Morgan fingerprint density at radius 1 is 1.56 bits per heavy atom. The average Bonchev–Trinajstić information content (AvgIpc) is 2.74. The molecule has 1 aromatic carbocycles. The Kier molecular flexibility index (Phi) is 3.30. The first-order valence-corrected chi connectivity index (χ1v) is 6.35. The van der Waals surface area contributed by atoms with Crippen molar-refractivity contribution < 1.29 is 9.90 Å². The van der Waals surface area contributed by atoms with E-state index in [9.17, 15) is 4.79 Å². The molecule has 1 saturated heterocycles. The second-order valence-corrected chi connectivity index (χ2v) is 5.20. The van der Waals surface area contributed by atoms with Crippen LogP contribution in [0.3, 0.4) is 0 Å². The summed E-state index contributed by atoms with van der Waals surface area (Å²) in [5, 5.41) is 9.38. The van der Waals surface area contributed by atoms with E-state index in [-0.39, 0.29) is 5.56 Å². The van der Waals surface area contributed by atoms with Crippen molar-refractivity contribution >= 4 is 35.2 Å². The van der Waals surface area contributed by atoms with Crippen LogP contribution >= 0.6 is 23.5 Å². The van der Waals surface area contributed by atoms with Crippen LogP contribution < -0.4 is 4.31 Å². The minimum absolute atomic E-state index is 0.184. The van der Waals surface area contributed by atoms with E-state index in [1.807, 2.05) is 13.0 Å². The van der Waals surface area contributed by atoms with Crippen molar-refractivity contribution in [3.63, 3.8) is 0 Å². The lowest BCUT2D eigenvalue weighted by molar-refractivity contribution is 0.0697. The molecule has 0 aliphatic carbocycles. The van der Waals surface area contributed by atoms with Gasteiger partial charge < -0.3 is 9.41 Å². The molecule has 0 unspecified atom stereocenters. The second-order valence-electron chi connectivity index (χ2n) is 3.72. The maximum absolute atomic E-state index is 11.0. The first-order chi connectivity index (χ1) is 7.59. The van der Waals surface area contributed by atoms with Crippen LogP contribution in [0.15, 0.2) is 12.1 Å². The van der Waals surface area contributed by atoms with Gasteiger partial charge in [-0.2, -0.15) is 0 Å². The van der Waals surface area contributed by atoms with E-state index < -0.39 is 5.97 Å². The Morgan fingerprint density at radius 2 is 2.31 bits per heavy atom. The smallest absolute Gasteiger partial charge is 0.337 e. The number of hydrogen-bond donors (Lipinski definition) is 1. The number of benzene rings is 1. The minimum atomic E-state index is -0.973. The van der Waals surface area contributed by atoms with Crippen LogP contribution in [0.4, 0.5) is 5.69 Å². The van der Waals surface area contributed by atoms with Gasteiger partial charge in [0.15, 0.2) is 0 Å². The molecule has 1 fully saturated rings. The normalized spacial score (nSPS) is 15.5. The molecule has 0 aromatic heterocycles. The average molecular weight is 258 g/mol. The van der Waals surface area contributed by atoms with Crippen LogP contribution in [0.1, 0.15) is 22.3 Å². The van der Waals surface area contributed by atoms with Crippen molar-refractivity contribution in [3.8, 4) is 0 Å². The second kappa shape index (κ2) is 4.55. The molecule has 0 amide bonds. The third-order valence-corrected chi connectivity index (χ3v) is 4.19. The predicted octanol–water partition coefficient (Wildman–Crippen LogP) is 3.20. The number of nitrogens with zero attached hydrogens (tertiary/aromatic N) is 1. The summed E-state index contributed by atoms with van der Waals surface area (Å²) >= 11 is 7.69. The van der Waals surface area contributed by atoms with Crippen molar-refractivity contribution in [3.05, 3.63) is 28.3 Å². The Hall–Kier alpha value is -0.870. The lowest BCUT2D eigenvalue weighted by atomic mass is 10.1. The maximum Gasteiger partial charge on any atom is 0.337 e. The molecule has 1 aromatic rings. The highest BCUT2D eigenvalue weighted by atomic mass is 35.5. The van der Waals surface area contributed by atoms with Gasteiger partial charge in [0.25, 0.3) is 0 Å². The summed E-state index contributed by atoms with van der Waals surface area (Å²) in [5.74, 6) is 0.114. The van der Waals surface area contributed by atoms with Gasteiger partial charge in [-0.1, -0.05) is 11.6 Å². The van der Waals surface area contributed by atoms with Crippen molar-refractivity contribution in [2.45, 2.75) is 13.3 Å². The molecule has 1 aliphatic rings. The fourth-order valence-electron chi connectivity index (χ4n) is 1.70. The van der Waals surface area contributed by atoms with Gasteiger partial charge in [-0.15, -0.1) is 0 Å². The number of carboxylic acid groups (broad SMARTS) is 1. The molecule has 2 rings (SSSR count). The van der Waals surface area contributed by atoms with Gasteiger partial charge >= 0.3 is 5.97 Å². The number of aryl methyl sites for hydroxylation is 1. The summed E-state index contributed by atoms with van der Waals surface area (Å²) in [4.78, 5) is 11.0. The summed E-state index contributed by atoms with van der Waals surface area (Å²) < 4.78 is 2.12. The van der Waals surface area contributed by atoms with Gasteiger partial charge in [0.1, 0.15) is 0 Å². The quantitative estimate of drug-likeness (QED) is 0.826. The van der Waals surface area contributed by atoms with Gasteiger partial charge in [0.05, 0.1) is 10.6 Å². The van der Waals surface area contributed by atoms with Crippen LogP contribution in [0.25, 0.3) is 0 Å². The van der Waals surface area contributed by atoms with E-state index in [1.54, 1.807) is 18.0 Å². The number of carbonyl (C=O) groups is 1. The molecule has 0 atom stereocenters. The SMILES string of the molecule is Cc1cc(N2CCCS2)cc(C(=O)O)c1Cl. The van der Waals surface area contributed by atoms with E-state index in [0.717, 1.165) is 30.0 Å². The molecule has 0 spiro atoms. The largest absolute Gasteiger partial charge is 0.478 e. The van der Waals surface area contributed by atoms with E-state index in [1.165, 1.54) is 0 Å². The number of rotatable bonds is 2. The van der Waals surface area contributed by atoms with Crippen LogP contribution in [0.2, 0.25) is 5.02 Å². The number of aromatic carboxylic acids is 1. The lowest BCUT2D eigenvalue weighted by Crippen LogP contribution is -2.10. The summed E-state index contributed by atoms with van der Waals surface area (Å²) in [5.41, 5.74) is 1.93. The molecule has 1 heterocycles. The van der Waals surface area contributed by atoms with E-state index >= 15 is 0 Å². The molecular weight excluding hydrogens is 246 g/mol. The zero-order valence-electron chi connectivity index (χ0n) is 8.86. The maximum atomic E-state index is 11.0. The van der Waals surface area contributed by atoms with E-state index in [2.05, 4.69) is 4.31 Å². The first-order valence-electron chi connectivity index (χ1n) is 5.03. The Labute approximate surface area is 104 Å². The van der Waals surface area contributed by atoms with Crippen molar-refractivity contribution in [2.24, 2.45) is 0 Å². The summed E-state index contributed by atoms with van der Waals surface area (Å²) in [6.45, 7) is 2.80. The third-order valence-electron chi connectivity index (χ3n) is 2.51. The molecule has 1 N–H and O–H groups in total. The molecule has 0 bridgehead atoms. The summed E-state index contributed by atoms with van der Waals surface area (Å²) in [7, 11) is 0. The zero-order valence-corrected chi connectivity index (χ0v) is 10.4. The predicted molar refractivity (Wildman–Crippen MR) is 67.6 cm³/mol. The number of halogens is 1. The van der Waals surface area contributed by atoms with Gasteiger partial charge in [0.2, 0.25) is 0 Å². The van der Waals surface area contributed by atoms with Crippen LogP contribution in [-0.2, 0) is 0 Å². The summed E-state index contributed by atoms with van der Waals surface area (Å²) in [6, 6.07) is 3.59. The van der Waals surface area contributed by atoms with Crippen molar-refractivity contribution in [1.29, 1.82) is 0 Å². The highest BCUT2D eigenvalue weighted by molar-refractivity contribution is 8.00. The van der Waals surface area contributed by atoms with Crippen molar-refractivity contribution in [1.82, 2.24) is 0 Å². The molecule has 1 aliphatic heterocycles. The Morgan fingerprint density at radius 3 is 2.88 bits per heavy atom. The molecule has 0 radical (unpaired) electrons. The first kappa shape index (κ1) is 11.6. The molecule has 5 heteroatoms. The molecular formula is C11H12ClNO2S. The highest BCUT2D eigenvalue weighted by Crippen LogP contribution is 2.33. The molecule has 0 saturated carbocycles. The Balaban J connectivity index is 2.43. The highest BCUT2D eigenvalue weighted by Gasteiger charge is 2.18.